The third-order valence-corrected chi connectivity index (χ3v) is 3.36. The van der Waals surface area contributed by atoms with Crippen molar-refractivity contribution in [3.8, 4) is 0 Å². The van der Waals surface area contributed by atoms with Crippen molar-refractivity contribution in [2.45, 2.75) is 25.4 Å². The third kappa shape index (κ3) is 3.17. The van der Waals surface area contributed by atoms with Crippen molar-refractivity contribution >= 4 is 17.5 Å². The number of hydrogen-bond donors (Lipinski definition) is 2. The number of pyridine rings is 1. The van der Waals surface area contributed by atoms with Crippen LogP contribution in [0.2, 0.25) is 5.15 Å². The van der Waals surface area contributed by atoms with E-state index in [2.05, 4.69) is 10.3 Å². The molecule has 2 unspecified atom stereocenters. The van der Waals surface area contributed by atoms with E-state index in [1.807, 2.05) is 0 Å². The summed E-state index contributed by atoms with van der Waals surface area (Å²) in [5.74, 6) is 0.00692. The molecule has 1 fully saturated rings. The van der Waals surface area contributed by atoms with Crippen LogP contribution in [-0.2, 0) is 0 Å². The Morgan fingerprint density at radius 2 is 2.35 bits per heavy atom. The maximum absolute atomic E-state index is 11.7. The molecule has 0 bridgehead atoms. The van der Waals surface area contributed by atoms with Gasteiger partial charge in [-0.05, 0) is 25.0 Å². The first-order chi connectivity index (χ1) is 8.16. The minimum atomic E-state index is -0.279. The number of halogens is 1. The quantitative estimate of drug-likeness (QED) is 0.806. The lowest BCUT2D eigenvalue weighted by Gasteiger charge is -2.14. The molecule has 92 valence electrons. The molecule has 0 saturated heterocycles. The van der Waals surface area contributed by atoms with E-state index < -0.39 is 0 Å². The van der Waals surface area contributed by atoms with E-state index in [9.17, 15) is 9.90 Å². The number of nitrogens with zero attached hydrogens (tertiary/aromatic N) is 1. The van der Waals surface area contributed by atoms with Crippen LogP contribution in [0.3, 0.4) is 0 Å². The van der Waals surface area contributed by atoms with Gasteiger partial charge in [-0.15, -0.1) is 0 Å². The molecule has 1 aromatic rings. The summed E-state index contributed by atoms with van der Waals surface area (Å²) in [7, 11) is 0. The maximum atomic E-state index is 11.7. The summed E-state index contributed by atoms with van der Waals surface area (Å²) in [6, 6.07) is 3.22. The van der Waals surface area contributed by atoms with Crippen LogP contribution in [0.1, 0.15) is 29.6 Å². The number of aliphatic hydroxyl groups excluding tert-OH is 1. The second-order valence-corrected chi connectivity index (χ2v) is 4.73. The largest absolute Gasteiger partial charge is 0.393 e. The molecule has 17 heavy (non-hydrogen) atoms. The third-order valence-electron chi connectivity index (χ3n) is 3.13. The molecule has 1 saturated carbocycles. The van der Waals surface area contributed by atoms with Gasteiger partial charge in [0, 0.05) is 18.7 Å². The second-order valence-electron chi connectivity index (χ2n) is 4.34. The number of amides is 1. The summed E-state index contributed by atoms with van der Waals surface area (Å²) in [5, 5.41) is 12.8. The molecular weight excluding hydrogens is 240 g/mol. The maximum Gasteiger partial charge on any atom is 0.252 e. The average molecular weight is 255 g/mol. The first-order valence-corrected chi connectivity index (χ1v) is 6.12. The number of aromatic nitrogens is 1. The van der Waals surface area contributed by atoms with E-state index in [1.165, 1.54) is 6.20 Å². The van der Waals surface area contributed by atoms with Crippen LogP contribution in [0.15, 0.2) is 18.3 Å². The van der Waals surface area contributed by atoms with Crippen LogP contribution in [0.25, 0.3) is 0 Å². The molecule has 4 nitrogen and oxygen atoms in total. The summed E-state index contributed by atoms with van der Waals surface area (Å²) in [6.45, 7) is 0.516. The van der Waals surface area contributed by atoms with E-state index >= 15 is 0 Å². The van der Waals surface area contributed by atoms with Crippen LogP contribution in [0.5, 0.6) is 0 Å². The van der Waals surface area contributed by atoms with Crippen LogP contribution in [0, 0.1) is 5.92 Å². The van der Waals surface area contributed by atoms with Crippen molar-refractivity contribution in [3.63, 3.8) is 0 Å². The van der Waals surface area contributed by atoms with Gasteiger partial charge in [0.2, 0.25) is 0 Å². The smallest absolute Gasteiger partial charge is 0.252 e. The molecule has 2 rings (SSSR count). The Labute approximate surface area is 105 Å². The Hall–Kier alpha value is -1.13. The fraction of sp³-hybridized carbons (Fsp3) is 0.500. The van der Waals surface area contributed by atoms with E-state index in [0.717, 1.165) is 19.3 Å². The van der Waals surface area contributed by atoms with Crippen LogP contribution in [0.4, 0.5) is 0 Å². The topological polar surface area (TPSA) is 62.2 Å². The van der Waals surface area contributed by atoms with Gasteiger partial charge in [0.05, 0.1) is 11.7 Å². The van der Waals surface area contributed by atoms with Crippen LogP contribution in [-0.4, -0.2) is 28.6 Å². The lowest BCUT2D eigenvalue weighted by Crippen LogP contribution is -2.32. The van der Waals surface area contributed by atoms with Gasteiger partial charge in [0.1, 0.15) is 5.15 Å². The molecule has 0 spiro atoms. The number of carbonyl (C=O) groups is 1. The normalized spacial score (nSPS) is 23.6. The number of carbonyl (C=O) groups excluding carboxylic acids is 1. The van der Waals surface area contributed by atoms with Crippen molar-refractivity contribution in [1.29, 1.82) is 0 Å². The van der Waals surface area contributed by atoms with Crippen molar-refractivity contribution in [2.24, 2.45) is 5.92 Å². The standard InChI is InChI=1S/C12H15ClN2O2/c13-11-5-4-9(7-14-11)12(17)15-6-8-2-1-3-10(8)16/h4-5,7-8,10,16H,1-3,6H2,(H,15,17). The molecule has 1 amide bonds. The SMILES string of the molecule is O=C(NCC1CCCC1O)c1ccc(Cl)nc1. The zero-order valence-corrected chi connectivity index (χ0v) is 10.2. The second kappa shape index (κ2) is 5.47. The van der Waals surface area contributed by atoms with Gasteiger partial charge in [0.15, 0.2) is 0 Å². The molecule has 0 aromatic carbocycles. The van der Waals surface area contributed by atoms with E-state index in [0.29, 0.717) is 17.3 Å². The fourth-order valence-electron chi connectivity index (χ4n) is 2.09. The number of aliphatic hydroxyl groups is 1. The Morgan fingerprint density at radius 3 is 2.94 bits per heavy atom. The van der Waals surface area contributed by atoms with Crippen LogP contribution < -0.4 is 5.32 Å². The highest BCUT2D eigenvalue weighted by atomic mass is 35.5. The van der Waals surface area contributed by atoms with Gasteiger partial charge in [-0.3, -0.25) is 4.79 Å². The predicted octanol–water partition coefficient (Wildman–Crippen LogP) is 1.63. The Balaban J connectivity index is 1.87. The average Bonchev–Trinajstić information content (AvgIpc) is 2.73. The molecule has 0 radical (unpaired) electrons. The highest BCUT2D eigenvalue weighted by Crippen LogP contribution is 2.24. The minimum Gasteiger partial charge on any atom is -0.393 e. The van der Waals surface area contributed by atoms with Crippen molar-refractivity contribution in [2.75, 3.05) is 6.54 Å². The zero-order valence-electron chi connectivity index (χ0n) is 9.40. The molecule has 5 heteroatoms. The molecule has 0 aliphatic heterocycles. The van der Waals surface area contributed by atoms with Crippen molar-refractivity contribution < 1.29 is 9.90 Å². The first-order valence-electron chi connectivity index (χ1n) is 5.74. The first kappa shape index (κ1) is 12.3. The molecule has 2 N–H and O–H groups in total. The molecular formula is C12H15ClN2O2. The summed E-state index contributed by atoms with van der Waals surface area (Å²) in [5.41, 5.74) is 0.488. The fourth-order valence-corrected chi connectivity index (χ4v) is 2.20. The molecule has 1 aliphatic rings. The minimum absolute atomic E-state index is 0.173. The molecule has 2 atom stereocenters. The number of nitrogens with one attached hydrogen (secondary N) is 1. The summed E-state index contributed by atoms with van der Waals surface area (Å²) in [4.78, 5) is 15.6. The molecule has 1 aliphatic carbocycles. The predicted molar refractivity (Wildman–Crippen MR) is 64.9 cm³/mol. The van der Waals surface area contributed by atoms with Gasteiger partial charge < -0.3 is 10.4 Å². The summed E-state index contributed by atoms with van der Waals surface area (Å²) < 4.78 is 0. The van der Waals surface area contributed by atoms with E-state index in [4.69, 9.17) is 11.6 Å². The lowest BCUT2D eigenvalue weighted by atomic mass is 10.1. The zero-order chi connectivity index (χ0) is 12.3. The van der Waals surface area contributed by atoms with Gasteiger partial charge in [0.25, 0.3) is 5.91 Å². The Kier molecular flexibility index (Phi) is 3.97. The monoisotopic (exact) mass is 254 g/mol. The Bertz CT molecular complexity index is 394. The molecule has 1 heterocycles. The highest BCUT2D eigenvalue weighted by Gasteiger charge is 2.25. The Morgan fingerprint density at radius 1 is 1.53 bits per heavy atom. The van der Waals surface area contributed by atoms with Gasteiger partial charge >= 0.3 is 0 Å². The van der Waals surface area contributed by atoms with E-state index in [1.54, 1.807) is 12.1 Å². The van der Waals surface area contributed by atoms with E-state index in [-0.39, 0.29) is 17.9 Å². The van der Waals surface area contributed by atoms with Crippen LogP contribution >= 0.6 is 11.6 Å². The van der Waals surface area contributed by atoms with Gasteiger partial charge in [-0.25, -0.2) is 4.98 Å². The van der Waals surface area contributed by atoms with Crippen molar-refractivity contribution in [3.05, 3.63) is 29.0 Å². The van der Waals surface area contributed by atoms with Crippen molar-refractivity contribution in [1.82, 2.24) is 10.3 Å². The molecule has 1 aromatic heterocycles. The summed E-state index contributed by atoms with van der Waals surface area (Å²) in [6.07, 6.45) is 4.01. The summed E-state index contributed by atoms with van der Waals surface area (Å²) >= 11 is 5.64. The number of rotatable bonds is 3. The van der Waals surface area contributed by atoms with Gasteiger partial charge in [-0.1, -0.05) is 18.0 Å². The number of hydrogen-bond acceptors (Lipinski definition) is 3. The highest BCUT2D eigenvalue weighted by molar-refractivity contribution is 6.29. The lowest BCUT2D eigenvalue weighted by molar-refractivity contribution is 0.0916. The van der Waals surface area contributed by atoms with Gasteiger partial charge in [-0.2, -0.15) is 0 Å².